The number of ether oxygens (including phenoxy) is 1. The number of rotatable bonds is 2. The number of hydrogen-bond donors (Lipinski definition) is 1. The Hall–Kier alpha value is -0.570. The lowest BCUT2D eigenvalue weighted by molar-refractivity contribution is -0.00965. The van der Waals surface area contributed by atoms with Crippen molar-refractivity contribution in [3.05, 3.63) is 0 Å². The number of nitrogens with zero attached hydrogens (tertiary/aromatic N) is 1. The van der Waals surface area contributed by atoms with Gasteiger partial charge in [-0.2, -0.15) is 0 Å². The molecule has 0 aromatic rings. The molecular formula is C14H28N2O. The first-order valence-electron chi connectivity index (χ1n) is 6.51. The lowest BCUT2D eigenvalue weighted by atomic mass is 9.70. The van der Waals surface area contributed by atoms with Crippen molar-refractivity contribution in [1.82, 2.24) is 0 Å². The van der Waals surface area contributed by atoms with E-state index in [2.05, 4.69) is 39.6 Å². The van der Waals surface area contributed by atoms with E-state index in [0.29, 0.717) is 11.3 Å². The van der Waals surface area contributed by atoms with Gasteiger partial charge in [0.1, 0.15) is 11.4 Å². The first-order chi connectivity index (χ1) is 7.60. The number of amidine groups is 1. The van der Waals surface area contributed by atoms with Crippen LogP contribution in [0.4, 0.5) is 0 Å². The summed E-state index contributed by atoms with van der Waals surface area (Å²) < 4.78 is 5.72. The zero-order valence-corrected chi connectivity index (χ0v) is 12.3. The molecule has 3 nitrogen and oxygen atoms in total. The van der Waals surface area contributed by atoms with E-state index in [1.54, 1.807) is 7.11 Å². The topological polar surface area (TPSA) is 47.6 Å². The maximum absolute atomic E-state index is 6.19. The Morgan fingerprint density at radius 1 is 1.12 bits per heavy atom. The molecular weight excluding hydrogens is 212 g/mol. The summed E-state index contributed by atoms with van der Waals surface area (Å²) in [5.74, 6) is 0.669. The van der Waals surface area contributed by atoms with Gasteiger partial charge in [-0.3, -0.25) is 4.99 Å². The highest BCUT2D eigenvalue weighted by atomic mass is 16.5. The Morgan fingerprint density at radius 2 is 1.59 bits per heavy atom. The molecule has 3 heteroatoms. The third-order valence-electron chi connectivity index (χ3n) is 3.72. The van der Waals surface area contributed by atoms with Crippen LogP contribution >= 0.6 is 0 Å². The highest BCUT2D eigenvalue weighted by Gasteiger charge is 2.41. The average molecular weight is 240 g/mol. The van der Waals surface area contributed by atoms with Crippen molar-refractivity contribution in [3.63, 3.8) is 0 Å². The molecule has 2 N–H and O–H groups in total. The monoisotopic (exact) mass is 240 g/mol. The minimum Gasteiger partial charge on any atom is -0.385 e. The molecule has 0 aromatic heterocycles. The molecule has 0 atom stereocenters. The first kappa shape index (κ1) is 14.5. The third-order valence-corrected chi connectivity index (χ3v) is 3.72. The fourth-order valence-electron chi connectivity index (χ4n) is 2.36. The minimum absolute atomic E-state index is 0.136. The summed E-state index contributed by atoms with van der Waals surface area (Å²) in [5, 5.41) is 0. The maximum atomic E-state index is 6.19. The van der Waals surface area contributed by atoms with Crippen LogP contribution in [0.15, 0.2) is 4.99 Å². The standard InChI is InChI=1S/C14H28N2O/c1-12(2,3)16-11(15)14(17-6)9-7-13(4,5)8-10-14/h7-10H2,1-6H3,(H2,15,16). The van der Waals surface area contributed by atoms with Crippen LogP contribution in [0, 0.1) is 5.41 Å². The average Bonchev–Trinajstić information content (AvgIpc) is 2.16. The molecule has 17 heavy (non-hydrogen) atoms. The van der Waals surface area contributed by atoms with Gasteiger partial charge in [0, 0.05) is 7.11 Å². The quantitative estimate of drug-likeness (QED) is 0.595. The number of methoxy groups -OCH3 is 1. The largest absolute Gasteiger partial charge is 0.385 e. The Kier molecular flexibility index (Phi) is 3.92. The lowest BCUT2D eigenvalue weighted by Gasteiger charge is -2.42. The summed E-state index contributed by atoms with van der Waals surface area (Å²) in [6, 6.07) is 0. The molecule has 0 unspecified atom stereocenters. The van der Waals surface area contributed by atoms with E-state index in [9.17, 15) is 0 Å². The zero-order valence-electron chi connectivity index (χ0n) is 12.3. The number of nitrogens with two attached hydrogens (primary N) is 1. The molecule has 0 saturated heterocycles. The van der Waals surface area contributed by atoms with Gasteiger partial charge in [-0.1, -0.05) is 13.8 Å². The molecule has 1 saturated carbocycles. The molecule has 0 amide bonds. The summed E-state index contributed by atoms with van der Waals surface area (Å²) >= 11 is 0. The van der Waals surface area contributed by atoms with E-state index in [4.69, 9.17) is 10.5 Å². The summed E-state index contributed by atoms with van der Waals surface area (Å²) in [5.41, 5.74) is 6.13. The molecule has 0 heterocycles. The van der Waals surface area contributed by atoms with E-state index in [1.807, 2.05) is 0 Å². The van der Waals surface area contributed by atoms with Crippen molar-refractivity contribution in [2.75, 3.05) is 7.11 Å². The van der Waals surface area contributed by atoms with Gasteiger partial charge in [-0.25, -0.2) is 0 Å². The van der Waals surface area contributed by atoms with E-state index in [1.165, 1.54) is 0 Å². The van der Waals surface area contributed by atoms with Gasteiger partial charge in [0.25, 0.3) is 0 Å². The van der Waals surface area contributed by atoms with Crippen molar-refractivity contribution < 1.29 is 4.74 Å². The van der Waals surface area contributed by atoms with Crippen LogP contribution in [0.3, 0.4) is 0 Å². The van der Waals surface area contributed by atoms with Gasteiger partial charge in [0.05, 0.1) is 5.54 Å². The minimum atomic E-state index is -0.331. The van der Waals surface area contributed by atoms with Crippen LogP contribution in [-0.4, -0.2) is 24.1 Å². The molecule has 0 bridgehead atoms. The number of hydrogen-bond acceptors (Lipinski definition) is 2. The van der Waals surface area contributed by atoms with Crippen LogP contribution in [0.2, 0.25) is 0 Å². The molecule has 100 valence electrons. The van der Waals surface area contributed by atoms with Crippen molar-refractivity contribution in [2.45, 2.75) is 71.4 Å². The van der Waals surface area contributed by atoms with E-state index >= 15 is 0 Å². The normalized spacial score (nSPS) is 24.7. The second-order valence-electron chi connectivity index (χ2n) is 7.03. The molecule has 1 aliphatic rings. The van der Waals surface area contributed by atoms with Crippen LogP contribution in [-0.2, 0) is 4.74 Å². The fourth-order valence-corrected chi connectivity index (χ4v) is 2.36. The molecule has 1 rings (SSSR count). The summed E-state index contributed by atoms with van der Waals surface area (Å²) in [7, 11) is 1.75. The molecule has 0 aromatic carbocycles. The second kappa shape index (κ2) is 4.60. The van der Waals surface area contributed by atoms with Crippen molar-refractivity contribution >= 4 is 5.84 Å². The van der Waals surface area contributed by atoms with Crippen LogP contribution in [0.25, 0.3) is 0 Å². The molecule has 0 radical (unpaired) electrons. The highest BCUT2D eigenvalue weighted by molar-refractivity contribution is 5.89. The predicted molar refractivity (Wildman–Crippen MR) is 73.4 cm³/mol. The SMILES string of the molecule is COC1(C(N)=NC(C)(C)C)CCC(C)(C)CC1. The Bertz CT molecular complexity index is 290. The Labute approximate surface area is 106 Å². The van der Waals surface area contributed by atoms with Gasteiger partial charge in [0.15, 0.2) is 0 Å². The summed E-state index contributed by atoms with van der Waals surface area (Å²) in [4.78, 5) is 4.59. The van der Waals surface area contributed by atoms with Crippen LogP contribution in [0.1, 0.15) is 60.3 Å². The van der Waals surface area contributed by atoms with E-state index in [-0.39, 0.29) is 11.1 Å². The summed E-state index contributed by atoms with van der Waals surface area (Å²) in [6.45, 7) is 10.8. The summed E-state index contributed by atoms with van der Waals surface area (Å²) in [6.07, 6.45) is 4.23. The second-order valence-corrected chi connectivity index (χ2v) is 7.03. The molecule has 1 aliphatic carbocycles. The van der Waals surface area contributed by atoms with Crippen LogP contribution in [0.5, 0.6) is 0 Å². The van der Waals surface area contributed by atoms with E-state index < -0.39 is 0 Å². The lowest BCUT2D eigenvalue weighted by Crippen LogP contribution is -2.50. The van der Waals surface area contributed by atoms with Gasteiger partial charge in [-0.05, 0) is 51.9 Å². The van der Waals surface area contributed by atoms with Crippen molar-refractivity contribution in [2.24, 2.45) is 16.1 Å². The maximum Gasteiger partial charge on any atom is 0.127 e. The van der Waals surface area contributed by atoms with Gasteiger partial charge in [-0.15, -0.1) is 0 Å². The Balaban J connectivity index is 2.88. The fraction of sp³-hybridized carbons (Fsp3) is 0.929. The highest BCUT2D eigenvalue weighted by Crippen LogP contribution is 2.42. The van der Waals surface area contributed by atoms with Gasteiger partial charge < -0.3 is 10.5 Å². The zero-order chi connectivity index (χ0) is 13.3. The van der Waals surface area contributed by atoms with E-state index in [0.717, 1.165) is 25.7 Å². The van der Waals surface area contributed by atoms with Crippen molar-refractivity contribution in [3.8, 4) is 0 Å². The Morgan fingerprint density at radius 3 is 1.94 bits per heavy atom. The van der Waals surface area contributed by atoms with Gasteiger partial charge in [0.2, 0.25) is 0 Å². The molecule has 0 aliphatic heterocycles. The van der Waals surface area contributed by atoms with Crippen molar-refractivity contribution in [1.29, 1.82) is 0 Å². The molecule has 1 fully saturated rings. The van der Waals surface area contributed by atoms with Crippen LogP contribution < -0.4 is 5.73 Å². The predicted octanol–water partition coefficient (Wildman–Crippen LogP) is 3.13. The first-order valence-corrected chi connectivity index (χ1v) is 6.51. The third kappa shape index (κ3) is 3.70. The van der Waals surface area contributed by atoms with Gasteiger partial charge >= 0.3 is 0 Å². The smallest absolute Gasteiger partial charge is 0.127 e. The number of aliphatic imine (C=N–C) groups is 1. The molecule has 0 spiro atoms.